The lowest BCUT2D eigenvalue weighted by molar-refractivity contribution is 0.171. The molecule has 1 aromatic carbocycles. The summed E-state index contributed by atoms with van der Waals surface area (Å²) in [6.07, 6.45) is 3.90. The maximum atomic E-state index is 5.30. The fourth-order valence-corrected chi connectivity index (χ4v) is 3.03. The van der Waals surface area contributed by atoms with E-state index in [1.54, 1.807) is 7.11 Å². The van der Waals surface area contributed by atoms with Gasteiger partial charge in [-0.3, -0.25) is 0 Å². The van der Waals surface area contributed by atoms with E-state index >= 15 is 0 Å². The fourth-order valence-electron chi connectivity index (χ4n) is 2.62. The number of ether oxygens (including phenoxy) is 1. The van der Waals surface area contributed by atoms with E-state index in [0.29, 0.717) is 0 Å². The van der Waals surface area contributed by atoms with E-state index in [2.05, 4.69) is 40.3 Å². The molecule has 3 heteroatoms. The SMILES string of the molecule is CCNCC1CCC1Cc1cc(OC)ccc1Br. The van der Waals surface area contributed by atoms with Gasteiger partial charge in [0.15, 0.2) is 0 Å². The third-order valence-electron chi connectivity index (χ3n) is 3.97. The molecule has 0 amide bonds. The third kappa shape index (κ3) is 3.27. The monoisotopic (exact) mass is 311 g/mol. The van der Waals surface area contributed by atoms with Crippen LogP contribution in [0.5, 0.6) is 5.75 Å². The number of halogens is 1. The first-order valence-corrected chi connectivity index (χ1v) is 7.57. The quantitative estimate of drug-likeness (QED) is 0.866. The van der Waals surface area contributed by atoms with E-state index in [4.69, 9.17) is 4.74 Å². The molecule has 1 aromatic rings. The summed E-state index contributed by atoms with van der Waals surface area (Å²) in [4.78, 5) is 0. The average molecular weight is 312 g/mol. The van der Waals surface area contributed by atoms with Crippen LogP contribution in [0.3, 0.4) is 0 Å². The van der Waals surface area contributed by atoms with Gasteiger partial charge in [0.2, 0.25) is 0 Å². The van der Waals surface area contributed by atoms with E-state index in [9.17, 15) is 0 Å². The van der Waals surface area contributed by atoms with Crippen molar-refractivity contribution in [3.63, 3.8) is 0 Å². The molecule has 18 heavy (non-hydrogen) atoms. The zero-order valence-corrected chi connectivity index (χ0v) is 12.8. The number of nitrogens with one attached hydrogen (secondary N) is 1. The molecular formula is C15H22BrNO. The standard InChI is InChI=1S/C15H22BrNO/c1-3-17-10-12-5-4-11(12)8-13-9-14(18-2)6-7-15(13)16/h6-7,9,11-12,17H,3-5,8,10H2,1-2H3. The van der Waals surface area contributed by atoms with Crippen molar-refractivity contribution in [1.29, 1.82) is 0 Å². The number of methoxy groups -OCH3 is 1. The first-order chi connectivity index (χ1) is 8.74. The van der Waals surface area contributed by atoms with Gasteiger partial charge < -0.3 is 10.1 Å². The van der Waals surface area contributed by atoms with Crippen molar-refractivity contribution in [2.75, 3.05) is 20.2 Å². The highest BCUT2D eigenvalue weighted by molar-refractivity contribution is 9.10. The molecular weight excluding hydrogens is 290 g/mol. The van der Waals surface area contributed by atoms with Gasteiger partial charge in [0.1, 0.15) is 5.75 Å². The van der Waals surface area contributed by atoms with Crippen molar-refractivity contribution in [1.82, 2.24) is 5.32 Å². The molecule has 2 nitrogen and oxygen atoms in total. The molecule has 0 saturated heterocycles. The molecule has 1 N–H and O–H groups in total. The zero-order chi connectivity index (χ0) is 13.0. The maximum absolute atomic E-state index is 5.30. The van der Waals surface area contributed by atoms with Gasteiger partial charge in [0, 0.05) is 4.47 Å². The minimum atomic E-state index is 0.826. The second-order valence-corrected chi connectivity index (χ2v) is 5.92. The molecule has 100 valence electrons. The summed E-state index contributed by atoms with van der Waals surface area (Å²) in [7, 11) is 1.73. The summed E-state index contributed by atoms with van der Waals surface area (Å²) in [5.41, 5.74) is 1.38. The van der Waals surface area contributed by atoms with Gasteiger partial charge in [-0.2, -0.15) is 0 Å². The maximum Gasteiger partial charge on any atom is 0.119 e. The van der Waals surface area contributed by atoms with Gasteiger partial charge in [-0.1, -0.05) is 22.9 Å². The summed E-state index contributed by atoms with van der Waals surface area (Å²) in [5, 5.41) is 3.47. The van der Waals surface area contributed by atoms with Crippen LogP contribution >= 0.6 is 15.9 Å². The molecule has 1 aliphatic carbocycles. The lowest BCUT2D eigenvalue weighted by atomic mass is 9.70. The van der Waals surface area contributed by atoms with Crippen LogP contribution in [0, 0.1) is 11.8 Å². The Labute approximate surface area is 118 Å². The lowest BCUT2D eigenvalue weighted by Crippen LogP contribution is -2.36. The predicted molar refractivity (Wildman–Crippen MR) is 79.2 cm³/mol. The Morgan fingerprint density at radius 2 is 2.11 bits per heavy atom. The van der Waals surface area contributed by atoms with E-state index < -0.39 is 0 Å². The van der Waals surface area contributed by atoms with E-state index in [0.717, 1.165) is 30.6 Å². The smallest absolute Gasteiger partial charge is 0.119 e. The molecule has 0 aliphatic heterocycles. The van der Waals surface area contributed by atoms with Crippen molar-refractivity contribution in [2.45, 2.75) is 26.2 Å². The minimum absolute atomic E-state index is 0.826. The van der Waals surface area contributed by atoms with Gasteiger partial charge >= 0.3 is 0 Å². The summed E-state index contributed by atoms with van der Waals surface area (Å²) < 4.78 is 6.51. The lowest BCUT2D eigenvalue weighted by Gasteiger charge is -2.37. The van der Waals surface area contributed by atoms with Crippen molar-refractivity contribution in [2.24, 2.45) is 11.8 Å². The van der Waals surface area contributed by atoms with Crippen LogP contribution < -0.4 is 10.1 Å². The number of hydrogen-bond donors (Lipinski definition) is 1. The Hall–Kier alpha value is -0.540. The second kappa shape index (κ2) is 6.58. The average Bonchev–Trinajstić information content (AvgIpc) is 2.37. The predicted octanol–water partition coefficient (Wildman–Crippen LogP) is 3.64. The molecule has 2 atom stereocenters. The Balaban J connectivity index is 1.96. The van der Waals surface area contributed by atoms with Gasteiger partial charge in [0.25, 0.3) is 0 Å². The minimum Gasteiger partial charge on any atom is -0.497 e. The number of hydrogen-bond acceptors (Lipinski definition) is 2. The summed E-state index contributed by atoms with van der Waals surface area (Å²) >= 11 is 3.64. The first-order valence-electron chi connectivity index (χ1n) is 6.77. The summed E-state index contributed by atoms with van der Waals surface area (Å²) in [6, 6.07) is 6.25. The summed E-state index contributed by atoms with van der Waals surface area (Å²) in [6.45, 7) is 4.42. The van der Waals surface area contributed by atoms with Gasteiger partial charge in [0.05, 0.1) is 7.11 Å². The largest absolute Gasteiger partial charge is 0.497 e. The van der Waals surface area contributed by atoms with Crippen LogP contribution in [0.1, 0.15) is 25.3 Å². The molecule has 2 unspecified atom stereocenters. The van der Waals surface area contributed by atoms with E-state index in [1.165, 1.54) is 29.4 Å². The van der Waals surface area contributed by atoms with Crippen LogP contribution in [0.25, 0.3) is 0 Å². The summed E-state index contributed by atoms with van der Waals surface area (Å²) in [5.74, 6) is 2.63. The van der Waals surface area contributed by atoms with Crippen LogP contribution in [-0.4, -0.2) is 20.2 Å². The molecule has 1 fully saturated rings. The highest BCUT2D eigenvalue weighted by atomic mass is 79.9. The van der Waals surface area contributed by atoms with Crippen molar-refractivity contribution < 1.29 is 4.74 Å². The fraction of sp³-hybridized carbons (Fsp3) is 0.600. The Morgan fingerprint density at radius 3 is 2.72 bits per heavy atom. The van der Waals surface area contributed by atoms with Crippen molar-refractivity contribution in [3.05, 3.63) is 28.2 Å². The molecule has 0 spiro atoms. The van der Waals surface area contributed by atoms with Gasteiger partial charge in [-0.15, -0.1) is 0 Å². The second-order valence-electron chi connectivity index (χ2n) is 5.07. The molecule has 0 aromatic heterocycles. The Kier molecular flexibility index (Phi) is 5.07. The van der Waals surface area contributed by atoms with Crippen molar-refractivity contribution in [3.8, 4) is 5.75 Å². The van der Waals surface area contributed by atoms with Crippen LogP contribution in [-0.2, 0) is 6.42 Å². The van der Waals surface area contributed by atoms with Crippen LogP contribution in [0.4, 0.5) is 0 Å². The van der Waals surface area contributed by atoms with Gasteiger partial charge in [-0.25, -0.2) is 0 Å². The number of benzene rings is 1. The highest BCUT2D eigenvalue weighted by Gasteiger charge is 2.30. The molecule has 0 heterocycles. The number of rotatable bonds is 6. The van der Waals surface area contributed by atoms with E-state index in [1.807, 2.05) is 6.07 Å². The molecule has 0 bridgehead atoms. The van der Waals surface area contributed by atoms with E-state index in [-0.39, 0.29) is 0 Å². The Bertz CT molecular complexity index is 394. The zero-order valence-electron chi connectivity index (χ0n) is 11.2. The Morgan fingerprint density at radius 1 is 1.33 bits per heavy atom. The molecule has 1 saturated carbocycles. The van der Waals surface area contributed by atoms with Crippen molar-refractivity contribution >= 4 is 15.9 Å². The molecule has 0 radical (unpaired) electrons. The first kappa shape index (κ1) is 13.9. The third-order valence-corrected chi connectivity index (χ3v) is 4.74. The molecule has 1 aliphatic rings. The molecule has 2 rings (SSSR count). The highest BCUT2D eigenvalue weighted by Crippen LogP contribution is 2.38. The van der Waals surface area contributed by atoms with Crippen LogP contribution in [0.2, 0.25) is 0 Å². The van der Waals surface area contributed by atoms with Crippen LogP contribution in [0.15, 0.2) is 22.7 Å². The topological polar surface area (TPSA) is 21.3 Å². The van der Waals surface area contributed by atoms with Gasteiger partial charge in [-0.05, 0) is 68.0 Å². The normalized spacial score (nSPS) is 22.6.